The second-order valence-corrected chi connectivity index (χ2v) is 11.1. The number of pyridine rings is 4. The van der Waals surface area contributed by atoms with Gasteiger partial charge in [0.15, 0.2) is 0 Å². The van der Waals surface area contributed by atoms with Gasteiger partial charge in [0.25, 0.3) is 5.91 Å². The molecule has 0 atom stereocenters. The van der Waals surface area contributed by atoms with Gasteiger partial charge in [0, 0.05) is 93.2 Å². The highest BCUT2D eigenvalue weighted by Crippen LogP contribution is 2.19. The van der Waals surface area contributed by atoms with Gasteiger partial charge in [0.05, 0.1) is 49.1 Å². The quantitative estimate of drug-likeness (QED) is 0.148. The van der Waals surface area contributed by atoms with Crippen molar-refractivity contribution in [3.63, 3.8) is 0 Å². The third kappa shape index (κ3) is 14.1. The van der Waals surface area contributed by atoms with Gasteiger partial charge in [-0.3, -0.25) is 48.5 Å². The van der Waals surface area contributed by atoms with E-state index in [-0.39, 0.29) is 30.3 Å². The van der Waals surface area contributed by atoms with E-state index in [2.05, 4.69) is 30.1 Å². The Bertz CT molecular complexity index is 2090. The molecule has 2 N–H and O–H groups in total. The number of aliphatic carboxylic acids is 1. The van der Waals surface area contributed by atoms with Crippen molar-refractivity contribution >= 4 is 23.8 Å². The summed E-state index contributed by atoms with van der Waals surface area (Å²) < 4.78 is 8.20. The number of hydroxylamine groups is 2. The zero-order chi connectivity index (χ0) is 40.2. The molecule has 0 unspecified atom stereocenters. The van der Waals surface area contributed by atoms with Gasteiger partial charge in [0.2, 0.25) is 0 Å². The average Bonchev–Trinajstić information content (AvgIpc) is 3.76. The van der Waals surface area contributed by atoms with Gasteiger partial charge < -0.3 is 14.9 Å². The standard InChI is InChI=1S/C13H15N3O2.C11H11N3O2.C8H10N2O2.C6H5NO2/c1-3-18-13(17)8-11-7-12(15-16(11)2)10-5-4-6-14-9-10;1-14-9(6-11(15)16)5-10(13-14)8-3-2-4-12-7-8;1-10(12-2)8(11)7-4-3-5-9-6-7;8-6(9)5-2-1-3-7-4-5/h4-7,9H,3,8H2,1-2H3;2-5,7H,6H2,1H3,(H,15,16);3-6H,1-2H3;1-4H,(H,8,9). The minimum Gasteiger partial charge on any atom is -0.481 e. The van der Waals surface area contributed by atoms with Crippen LogP contribution in [0.4, 0.5) is 0 Å². The Morgan fingerprint density at radius 3 is 1.51 bits per heavy atom. The molecule has 6 aromatic rings. The normalized spacial score (nSPS) is 9.91. The Morgan fingerprint density at radius 1 is 0.691 bits per heavy atom. The summed E-state index contributed by atoms with van der Waals surface area (Å²) in [6.07, 6.45) is 13.0. The molecule has 0 bridgehead atoms. The number of carbonyl (C=O) groups excluding carboxylic acids is 2. The summed E-state index contributed by atoms with van der Waals surface area (Å²) in [7, 11) is 6.54. The number of amides is 1. The first-order chi connectivity index (χ1) is 26.4. The molecule has 0 fully saturated rings. The van der Waals surface area contributed by atoms with Gasteiger partial charge in [-0.25, -0.2) is 9.86 Å². The predicted octanol–water partition coefficient (Wildman–Crippen LogP) is 4.19. The lowest BCUT2D eigenvalue weighted by atomic mass is 10.2. The summed E-state index contributed by atoms with van der Waals surface area (Å²) in [5.74, 6) is -2.24. The number of carboxylic acid groups (broad SMARTS) is 2. The third-order valence-corrected chi connectivity index (χ3v) is 7.21. The number of hydrogen-bond acceptors (Lipinski definition) is 12. The maximum Gasteiger partial charge on any atom is 0.337 e. The molecular weight excluding hydrogens is 710 g/mol. The number of hydrogen-bond donors (Lipinski definition) is 2. The minimum absolute atomic E-state index is 0.0240. The van der Waals surface area contributed by atoms with Crippen LogP contribution in [0.3, 0.4) is 0 Å². The Morgan fingerprint density at radius 2 is 1.15 bits per heavy atom. The number of carboxylic acids is 2. The Labute approximate surface area is 316 Å². The number of aromatic nitrogens is 8. The second-order valence-electron chi connectivity index (χ2n) is 11.1. The Balaban J connectivity index is 0.000000203. The van der Waals surface area contributed by atoms with Gasteiger partial charge in [-0.15, -0.1) is 0 Å². The van der Waals surface area contributed by atoms with Crippen LogP contribution in [-0.4, -0.2) is 99.4 Å². The molecule has 0 radical (unpaired) electrons. The number of aromatic carboxylic acids is 1. The minimum atomic E-state index is -0.942. The van der Waals surface area contributed by atoms with E-state index in [1.807, 2.05) is 37.4 Å². The number of rotatable bonds is 10. The number of ether oxygens (including phenoxy) is 1. The zero-order valence-electron chi connectivity index (χ0n) is 30.9. The summed E-state index contributed by atoms with van der Waals surface area (Å²) in [6, 6.07) is 17.6. The molecule has 6 heterocycles. The third-order valence-electron chi connectivity index (χ3n) is 7.21. The van der Waals surface area contributed by atoms with E-state index in [4.69, 9.17) is 19.8 Å². The highest BCUT2D eigenvalue weighted by molar-refractivity contribution is 5.92. The number of carbonyl (C=O) groups is 4. The van der Waals surface area contributed by atoms with Gasteiger partial charge in [-0.2, -0.15) is 10.2 Å². The maximum atomic E-state index is 11.4. The van der Waals surface area contributed by atoms with Crippen LogP contribution in [-0.2, 0) is 46.1 Å². The molecule has 1 amide bonds. The summed E-state index contributed by atoms with van der Waals surface area (Å²) in [5.41, 5.74) is 5.60. The number of nitrogens with zero attached hydrogens (tertiary/aromatic N) is 9. The van der Waals surface area contributed by atoms with Crippen molar-refractivity contribution in [3.05, 3.63) is 133 Å². The average molecular weight is 752 g/mol. The first kappa shape index (κ1) is 42.3. The summed E-state index contributed by atoms with van der Waals surface area (Å²) >= 11 is 0. The first-order valence-electron chi connectivity index (χ1n) is 16.5. The fourth-order valence-corrected chi connectivity index (χ4v) is 4.41. The van der Waals surface area contributed by atoms with Crippen molar-refractivity contribution in [2.24, 2.45) is 14.1 Å². The van der Waals surface area contributed by atoms with Crippen molar-refractivity contribution in [1.29, 1.82) is 0 Å². The smallest absolute Gasteiger partial charge is 0.337 e. The topological polar surface area (TPSA) is 218 Å². The second kappa shape index (κ2) is 22.0. The van der Waals surface area contributed by atoms with Crippen LogP contribution in [0.25, 0.3) is 22.5 Å². The molecular formula is C38H41N9O8. The monoisotopic (exact) mass is 751 g/mol. The molecule has 17 heteroatoms. The summed E-state index contributed by atoms with van der Waals surface area (Å²) in [5, 5.41) is 26.8. The van der Waals surface area contributed by atoms with Crippen LogP contribution in [0, 0.1) is 0 Å². The molecule has 286 valence electrons. The summed E-state index contributed by atoms with van der Waals surface area (Å²) in [4.78, 5) is 63.8. The van der Waals surface area contributed by atoms with E-state index in [9.17, 15) is 19.2 Å². The SMILES string of the molecule is CCOC(=O)Cc1cc(-c2cccnc2)nn1C.CON(C)C(=O)c1cccnc1.Cn1nc(-c2cccnc2)cc1CC(=O)O.O=C(O)c1cccnc1. The predicted molar refractivity (Wildman–Crippen MR) is 199 cm³/mol. The molecule has 0 saturated heterocycles. The van der Waals surface area contributed by atoms with Crippen LogP contribution in [0.1, 0.15) is 39.0 Å². The molecule has 0 aliphatic rings. The van der Waals surface area contributed by atoms with Crippen molar-refractivity contribution < 1.29 is 39.0 Å². The van der Waals surface area contributed by atoms with E-state index >= 15 is 0 Å². The largest absolute Gasteiger partial charge is 0.481 e. The van der Waals surface area contributed by atoms with Crippen molar-refractivity contribution in [1.82, 2.24) is 44.6 Å². The van der Waals surface area contributed by atoms with Gasteiger partial charge in [-0.05, 0) is 67.6 Å². The van der Waals surface area contributed by atoms with Crippen LogP contribution in [0.2, 0.25) is 0 Å². The molecule has 0 aromatic carbocycles. The molecule has 6 rings (SSSR count). The van der Waals surface area contributed by atoms with E-state index in [1.165, 1.54) is 31.8 Å². The molecule has 0 spiro atoms. The van der Waals surface area contributed by atoms with Crippen molar-refractivity contribution in [2.45, 2.75) is 19.8 Å². The lowest BCUT2D eigenvalue weighted by Gasteiger charge is -2.12. The fourth-order valence-electron chi connectivity index (χ4n) is 4.41. The van der Waals surface area contributed by atoms with Crippen LogP contribution in [0.5, 0.6) is 0 Å². The maximum absolute atomic E-state index is 11.4. The number of esters is 1. The van der Waals surface area contributed by atoms with E-state index < -0.39 is 11.9 Å². The molecule has 0 saturated carbocycles. The van der Waals surface area contributed by atoms with Gasteiger partial charge in [0.1, 0.15) is 0 Å². The van der Waals surface area contributed by atoms with Crippen LogP contribution < -0.4 is 0 Å². The summed E-state index contributed by atoms with van der Waals surface area (Å²) in [6.45, 7) is 2.19. The number of aryl methyl sites for hydroxylation is 2. The first-order valence-corrected chi connectivity index (χ1v) is 16.5. The van der Waals surface area contributed by atoms with Gasteiger partial charge in [-0.1, -0.05) is 0 Å². The molecule has 17 nitrogen and oxygen atoms in total. The van der Waals surface area contributed by atoms with Crippen molar-refractivity contribution in [2.75, 3.05) is 20.8 Å². The lowest BCUT2D eigenvalue weighted by Crippen LogP contribution is -2.25. The van der Waals surface area contributed by atoms with E-state index in [0.717, 1.165) is 33.3 Å². The van der Waals surface area contributed by atoms with Crippen LogP contribution >= 0.6 is 0 Å². The van der Waals surface area contributed by atoms with E-state index in [0.29, 0.717) is 17.9 Å². The Kier molecular flexibility index (Phi) is 16.9. The van der Waals surface area contributed by atoms with Crippen molar-refractivity contribution in [3.8, 4) is 22.5 Å². The zero-order valence-corrected chi connectivity index (χ0v) is 30.9. The lowest BCUT2D eigenvalue weighted by molar-refractivity contribution is -0.142. The van der Waals surface area contributed by atoms with E-state index in [1.54, 1.807) is 85.6 Å². The Hall–Kier alpha value is -7.14. The van der Waals surface area contributed by atoms with Gasteiger partial charge >= 0.3 is 17.9 Å². The molecule has 55 heavy (non-hydrogen) atoms. The highest BCUT2D eigenvalue weighted by Gasteiger charge is 2.13. The molecule has 0 aliphatic carbocycles. The molecule has 0 aliphatic heterocycles. The fraction of sp³-hybridized carbons (Fsp3) is 0.211. The highest BCUT2D eigenvalue weighted by atomic mass is 16.7. The molecule has 6 aromatic heterocycles. The van der Waals surface area contributed by atoms with Crippen LogP contribution in [0.15, 0.2) is 110 Å².